The number of thiophene rings is 1. The van der Waals surface area contributed by atoms with E-state index in [0.717, 1.165) is 11.3 Å². The smallest absolute Gasteiger partial charge is 0.273 e. The average molecular weight is 358 g/mol. The highest BCUT2D eigenvalue weighted by atomic mass is 35.5. The van der Waals surface area contributed by atoms with Crippen molar-refractivity contribution in [3.8, 4) is 5.75 Å². The monoisotopic (exact) mass is 357 g/mol. The van der Waals surface area contributed by atoms with Crippen molar-refractivity contribution < 1.29 is 17.9 Å². The number of ketones is 1. The first-order valence-electron chi connectivity index (χ1n) is 6.43. The molecule has 116 valence electrons. The van der Waals surface area contributed by atoms with E-state index in [4.69, 9.17) is 16.3 Å². The van der Waals surface area contributed by atoms with Crippen LogP contribution in [0.2, 0.25) is 4.34 Å². The molecule has 0 fully saturated rings. The molecule has 1 aliphatic heterocycles. The van der Waals surface area contributed by atoms with Gasteiger partial charge in [-0.1, -0.05) is 11.6 Å². The third-order valence-electron chi connectivity index (χ3n) is 3.41. The van der Waals surface area contributed by atoms with Crippen LogP contribution >= 0.6 is 22.9 Å². The minimum absolute atomic E-state index is 0.0930. The number of rotatable bonds is 3. The van der Waals surface area contributed by atoms with Crippen LogP contribution in [0.3, 0.4) is 0 Å². The Morgan fingerprint density at radius 1 is 1.27 bits per heavy atom. The summed E-state index contributed by atoms with van der Waals surface area (Å²) in [5, 5.41) is 0. The zero-order chi connectivity index (χ0) is 15.9. The fourth-order valence-electron chi connectivity index (χ4n) is 2.34. The van der Waals surface area contributed by atoms with Crippen molar-refractivity contribution in [1.82, 2.24) is 0 Å². The molecule has 0 spiro atoms. The number of methoxy groups -OCH3 is 1. The highest BCUT2D eigenvalue weighted by Gasteiger charge is 2.33. The SMILES string of the molecule is COc1ccc2c(c1)C(=O)CCN2S(=O)(=O)c1ccc(Cl)s1. The largest absolute Gasteiger partial charge is 0.497 e. The van der Waals surface area contributed by atoms with Crippen molar-refractivity contribution in [1.29, 1.82) is 0 Å². The number of ether oxygens (including phenoxy) is 1. The summed E-state index contributed by atoms with van der Waals surface area (Å²) in [6.45, 7) is 0.121. The number of hydrogen-bond acceptors (Lipinski definition) is 5. The molecule has 0 saturated heterocycles. The highest BCUT2D eigenvalue weighted by Crippen LogP contribution is 2.36. The van der Waals surface area contributed by atoms with Crippen molar-refractivity contribution in [3.05, 3.63) is 40.2 Å². The number of carbonyl (C=O) groups is 1. The second-order valence-electron chi connectivity index (χ2n) is 4.69. The lowest BCUT2D eigenvalue weighted by atomic mass is 10.0. The van der Waals surface area contributed by atoms with Crippen molar-refractivity contribution in [2.75, 3.05) is 18.0 Å². The van der Waals surface area contributed by atoms with Crippen LogP contribution in [0.4, 0.5) is 5.69 Å². The van der Waals surface area contributed by atoms with Crippen LogP contribution in [0, 0.1) is 0 Å². The molecule has 1 aromatic heterocycles. The zero-order valence-corrected chi connectivity index (χ0v) is 14.0. The molecule has 0 atom stereocenters. The van der Waals surface area contributed by atoms with Crippen LogP contribution in [0.5, 0.6) is 5.75 Å². The van der Waals surface area contributed by atoms with Gasteiger partial charge in [0.05, 0.1) is 17.1 Å². The molecule has 0 unspecified atom stereocenters. The van der Waals surface area contributed by atoms with Gasteiger partial charge in [0.2, 0.25) is 0 Å². The summed E-state index contributed by atoms with van der Waals surface area (Å²) in [6, 6.07) is 7.82. The topological polar surface area (TPSA) is 63.7 Å². The van der Waals surface area contributed by atoms with Crippen LogP contribution in [0.15, 0.2) is 34.5 Å². The predicted octanol–water partition coefficient (Wildman–Crippen LogP) is 3.19. The minimum atomic E-state index is -3.72. The lowest BCUT2D eigenvalue weighted by molar-refractivity contribution is 0.0981. The van der Waals surface area contributed by atoms with Crippen LogP contribution in [0.1, 0.15) is 16.8 Å². The van der Waals surface area contributed by atoms with Gasteiger partial charge in [0, 0.05) is 18.5 Å². The molecule has 0 radical (unpaired) electrons. The second kappa shape index (κ2) is 5.57. The number of halogens is 1. The van der Waals surface area contributed by atoms with Gasteiger partial charge in [0.25, 0.3) is 10.0 Å². The van der Waals surface area contributed by atoms with E-state index in [9.17, 15) is 13.2 Å². The molecule has 8 heteroatoms. The standard InChI is InChI=1S/C14H12ClNO4S2/c1-20-9-2-3-11-10(8-9)12(17)6-7-16(11)22(18,19)14-5-4-13(15)21-14/h2-5,8H,6-7H2,1H3. The Balaban J connectivity index is 2.11. The quantitative estimate of drug-likeness (QED) is 0.846. The number of anilines is 1. The van der Waals surface area contributed by atoms with Gasteiger partial charge in [-0.2, -0.15) is 0 Å². The van der Waals surface area contributed by atoms with E-state index in [1.165, 1.54) is 17.5 Å². The van der Waals surface area contributed by atoms with E-state index in [1.807, 2.05) is 0 Å². The first kappa shape index (κ1) is 15.3. The zero-order valence-electron chi connectivity index (χ0n) is 11.6. The van der Waals surface area contributed by atoms with E-state index in [1.54, 1.807) is 24.3 Å². The third kappa shape index (κ3) is 2.49. The molecule has 0 bridgehead atoms. The normalized spacial score (nSPS) is 14.8. The lowest BCUT2D eigenvalue weighted by Crippen LogP contribution is -2.37. The van der Waals surface area contributed by atoms with E-state index >= 15 is 0 Å². The van der Waals surface area contributed by atoms with Crippen molar-refractivity contribution in [2.45, 2.75) is 10.6 Å². The van der Waals surface area contributed by atoms with E-state index in [-0.39, 0.29) is 23.0 Å². The lowest BCUT2D eigenvalue weighted by Gasteiger charge is -2.29. The fourth-order valence-corrected chi connectivity index (χ4v) is 5.42. The number of carbonyl (C=O) groups excluding carboxylic acids is 1. The highest BCUT2D eigenvalue weighted by molar-refractivity contribution is 7.94. The minimum Gasteiger partial charge on any atom is -0.497 e. The fraction of sp³-hybridized carbons (Fsp3) is 0.214. The van der Waals surface area contributed by atoms with Crippen molar-refractivity contribution in [3.63, 3.8) is 0 Å². The van der Waals surface area contributed by atoms with Gasteiger partial charge in [-0.3, -0.25) is 9.10 Å². The Morgan fingerprint density at radius 2 is 2.05 bits per heavy atom. The molecule has 0 amide bonds. The van der Waals surface area contributed by atoms with Gasteiger partial charge in [-0.05, 0) is 30.3 Å². The Kier molecular flexibility index (Phi) is 3.88. The van der Waals surface area contributed by atoms with Crippen LogP contribution in [-0.4, -0.2) is 27.9 Å². The molecule has 0 N–H and O–H groups in total. The number of nitrogens with zero attached hydrogens (tertiary/aromatic N) is 1. The summed E-state index contributed by atoms with van der Waals surface area (Å²) in [5.41, 5.74) is 0.735. The summed E-state index contributed by atoms with van der Waals surface area (Å²) < 4.78 is 32.4. The van der Waals surface area contributed by atoms with E-state index in [2.05, 4.69) is 0 Å². The van der Waals surface area contributed by atoms with Crippen LogP contribution in [0.25, 0.3) is 0 Å². The van der Waals surface area contributed by atoms with E-state index in [0.29, 0.717) is 21.3 Å². The molecule has 22 heavy (non-hydrogen) atoms. The summed E-state index contributed by atoms with van der Waals surface area (Å²) >= 11 is 6.83. The number of hydrogen-bond donors (Lipinski definition) is 0. The molecule has 1 aliphatic rings. The average Bonchev–Trinajstić information content (AvgIpc) is 2.94. The second-order valence-corrected chi connectivity index (χ2v) is 8.50. The number of benzene rings is 1. The van der Waals surface area contributed by atoms with Gasteiger partial charge in [0.15, 0.2) is 5.78 Å². The Labute approximate surface area is 137 Å². The molecular weight excluding hydrogens is 346 g/mol. The maximum absolute atomic E-state index is 12.8. The maximum Gasteiger partial charge on any atom is 0.273 e. The maximum atomic E-state index is 12.8. The van der Waals surface area contributed by atoms with Crippen molar-refractivity contribution in [2.24, 2.45) is 0 Å². The first-order valence-corrected chi connectivity index (χ1v) is 9.06. The molecular formula is C14H12ClNO4S2. The van der Waals surface area contributed by atoms with Crippen LogP contribution in [-0.2, 0) is 10.0 Å². The summed E-state index contributed by atoms with van der Waals surface area (Å²) in [4.78, 5) is 12.1. The Hall–Kier alpha value is -1.57. The number of sulfonamides is 1. The molecule has 1 aromatic carbocycles. The van der Waals surface area contributed by atoms with Gasteiger partial charge in [-0.25, -0.2) is 8.42 Å². The Bertz CT molecular complexity index is 844. The summed E-state index contributed by atoms with van der Waals surface area (Å²) in [7, 11) is -2.23. The molecule has 2 aromatic rings. The van der Waals surface area contributed by atoms with E-state index < -0.39 is 10.0 Å². The molecule has 2 heterocycles. The third-order valence-corrected chi connectivity index (χ3v) is 6.92. The summed E-state index contributed by atoms with van der Waals surface area (Å²) in [5.74, 6) is 0.426. The van der Waals surface area contributed by atoms with Gasteiger partial charge in [0.1, 0.15) is 9.96 Å². The predicted molar refractivity (Wildman–Crippen MR) is 85.8 cm³/mol. The number of fused-ring (bicyclic) bond motifs is 1. The summed E-state index contributed by atoms with van der Waals surface area (Å²) in [6.07, 6.45) is 0.137. The van der Waals surface area contributed by atoms with Gasteiger partial charge in [-0.15, -0.1) is 11.3 Å². The first-order chi connectivity index (χ1) is 10.4. The number of Topliss-reactive ketones (excluding diaryl/α,β-unsaturated/α-hetero) is 1. The molecule has 0 saturated carbocycles. The van der Waals surface area contributed by atoms with Gasteiger partial charge < -0.3 is 4.74 Å². The molecule has 5 nitrogen and oxygen atoms in total. The van der Waals surface area contributed by atoms with Crippen molar-refractivity contribution >= 4 is 44.4 Å². The molecule has 0 aliphatic carbocycles. The van der Waals surface area contributed by atoms with Crippen LogP contribution < -0.4 is 9.04 Å². The molecule has 3 rings (SSSR count). The Morgan fingerprint density at radius 3 is 2.68 bits per heavy atom. The van der Waals surface area contributed by atoms with Gasteiger partial charge >= 0.3 is 0 Å².